The topological polar surface area (TPSA) is 17.1 Å². The molecule has 1 heteroatoms. The molecule has 2 aromatic carbocycles. The first-order chi connectivity index (χ1) is 13.6. The van der Waals surface area contributed by atoms with Gasteiger partial charge in [0.15, 0.2) is 5.78 Å². The van der Waals surface area contributed by atoms with Crippen LogP contribution in [0.25, 0.3) is 0 Å². The molecular weight excluding hydrogens is 340 g/mol. The van der Waals surface area contributed by atoms with Crippen LogP contribution in [0.1, 0.15) is 114 Å². The average Bonchev–Trinajstić information content (AvgIpc) is 2.74. The quantitative estimate of drug-likeness (QED) is 0.503. The lowest BCUT2D eigenvalue weighted by atomic mass is 9.77. The van der Waals surface area contributed by atoms with Crippen LogP contribution in [0.4, 0.5) is 0 Å². The fourth-order valence-electron chi connectivity index (χ4n) is 5.43. The third kappa shape index (κ3) is 4.09. The molecule has 0 atom stereocenters. The van der Waals surface area contributed by atoms with Gasteiger partial charge in [0.2, 0.25) is 0 Å². The first-order valence-electron chi connectivity index (χ1n) is 11.4. The second-order valence-corrected chi connectivity index (χ2v) is 9.18. The van der Waals surface area contributed by atoms with Crippen LogP contribution in [0.2, 0.25) is 0 Å². The molecule has 28 heavy (non-hydrogen) atoms. The molecule has 2 fully saturated rings. The zero-order valence-corrected chi connectivity index (χ0v) is 17.6. The van der Waals surface area contributed by atoms with Crippen LogP contribution in [0.5, 0.6) is 0 Å². The van der Waals surface area contributed by atoms with Crippen LogP contribution < -0.4 is 0 Å². The lowest BCUT2D eigenvalue weighted by Crippen LogP contribution is -2.15. The van der Waals surface area contributed by atoms with Gasteiger partial charge in [0.25, 0.3) is 0 Å². The molecule has 2 saturated carbocycles. The second-order valence-electron chi connectivity index (χ2n) is 9.18. The maximum Gasteiger partial charge on any atom is 0.193 e. The number of carbonyl (C=O) groups excluding carboxylic acids is 1. The van der Waals surface area contributed by atoms with Crippen molar-refractivity contribution in [1.82, 2.24) is 0 Å². The molecule has 0 heterocycles. The van der Waals surface area contributed by atoms with Crippen LogP contribution in [0.15, 0.2) is 36.4 Å². The molecule has 0 N–H and O–H groups in total. The zero-order chi connectivity index (χ0) is 19.5. The Bertz CT molecular complexity index is 766. The summed E-state index contributed by atoms with van der Waals surface area (Å²) >= 11 is 0. The number of benzene rings is 2. The molecule has 0 spiro atoms. The molecule has 2 aromatic rings. The molecule has 4 rings (SSSR count). The minimum atomic E-state index is 0.251. The van der Waals surface area contributed by atoms with Crippen molar-refractivity contribution in [2.75, 3.05) is 0 Å². The largest absolute Gasteiger partial charge is 0.289 e. The Labute approximate surface area is 170 Å². The Morgan fingerprint density at radius 2 is 1.04 bits per heavy atom. The molecule has 0 bridgehead atoms. The van der Waals surface area contributed by atoms with Gasteiger partial charge < -0.3 is 0 Å². The van der Waals surface area contributed by atoms with Gasteiger partial charge in [0.1, 0.15) is 0 Å². The van der Waals surface area contributed by atoms with Crippen molar-refractivity contribution in [2.45, 2.75) is 89.9 Å². The Hall–Kier alpha value is -1.89. The van der Waals surface area contributed by atoms with Crippen LogP contribution in [0, 0.1) is 13.8 Å². The van der Waals surface area contributed by atoms with E-state index >= 15 is 0 Å². The van der Waals surface area contributed by atoms with Gasteiger partial charge in [-0.15, -0.1) is 0 Å². The molecule has 0 aliphatic heterocycles. The molecule has 0 saturated heterocycles. The zero-order valence-electron chi connectivity index (χ0n) is 17.6. The summed E-state index contributed by atoms with van der Waals surface area (Å²) in [4.78, 5) is 13.8. The highest BCUT2D eigenvalue weighted by Crippen LogP contribution is 2.38. The molecule has 0 radical (unpaired) electrons. The molecular formula is C27H34O. The van der Waals surface area contributed by atoms with Crippen LogP contribution in [-0.2, 0) is 0 Å². The highest BCUT2D eigenvalue weighted by molar-refractivity contribution is 6.11. The SMILES string of the molecule is Cc1ccc(C(=O)c2ccc(C)cc2C2CCCCC2)c(C2CCCCC2)c1. The summed E-state index contributed by atoms with van der Waals surface area (Å²) in [6.45, 7) is 4.31. The van der Waals surface area contributed by atoms with E-state index in [4.69, 9.17) is 0 Å². The minimum Gasteiger partial charge on any atom is -0.289 e. The first kappa shape index (κ1) is 19.4. The summed E-state index contributed by atoms with van der Waals surface area (Å²) in [6, 6.07) is 13.0. The monoisotopic (exact) mass is 374 g/mol. The second kappa shape index (κ2) is 8.64. The average molecular weight is 375 g/mol. The minimum absolute atomic E-state index is 0.251. The van der Waals surface area contributed by atoms with Crippen molar-refractivity contribution in [1.29, 1.82) is 0 Å². The third-order valence-electron chi connectivity index (χ3n) is 6.99. The van der Waals surface area contributed by atoms with Crippen molar-refractivity contribution in [3.8, 4) is 0 Å². The molecule has 1 nitrogen and oxygen atoms in total. The highest BCUT2D eigenvalue weighted by atomic mass is 16.1. The first-order valence-corrected chi connectivity index (χ1v) is 11.4. The van der Waals surface area contributed by atoms with E-state index in [0.29, 0.717) is 11.8 Å². The molecule has 0 amide bonds. The Morgan fingerprint density at radius 3 is 1.43 bits per heavy atom. The van der Waals surface area contributed by atoms with Crippen molar-refractivity contribution in [3.05, 3.63) is 69.8 Å². The molecule has 148 valence electrons. The normalized spacial score (nSPS) is 18.9. The Kier molecular flexibility index (Phi) is 5.99. The number of hydrogen-bond acceptors (Lipinski definition) is 1. The molecule has 0 aromatic heterocycles. The summed E-state index contributed by atoms with van der Waals surface area (Å²) in [5.41, 5.74) is 7.07. The van der Waals surface area contributed by atoms with Crippen molar-refractivity contribution < 1.29 is 4.79 Å². The van der Waals surface area contributed by atoms with E-state index in [1.54, 1.807) is 0 Å². The Balaban J connectivity index is 1.74. The lowest BCUT2D eigenvalue weighted by Gasteiger charge is -2.26. The van der Waals surface area contributed by atoms with E-state index in [-0.39, 0.29) is 5.78 Å². The number of rotatable bonds is 4. The van der Waals surface area contributed by atoms with Gasteiger partial charge in [-0.3, -0.25) is 4.79 Å². The van der Waals surface area contributed by atoms with E-state index in [2.05, 4.69) is 50.2 Å². The highest BCUT2D eigenvalue weighted by Gasteiger charge is 2.26. The molecule has 2 aliphatic rings. The van der Waals surface area contributed by atoms with Gasteiger partial charge in [0, 0.05) is 11.1 Å². The van der Waals surface area contributed by atoms with Gasteiger partial charge in [-0.2, -0.15) is 0 Å². The van der Waals surface area contributed by atoms with Crippen LogP contribution in [0.3, 0.4) is 0 Å². The summed E-state index contributed by atoms with van der Waals surface area (Å²) in [7, 11) is 0. The van der Waals surface area contributed by atoms with Crippen molar-refractivity contribution >= 4 is 5.78 Å². The summed E-state index contributed by atoms with van der Waals surface area (Å²) in [5, 5.41) is 0. The Morgan fingerprint density at radius 1 is 0.643 bits per heavy atom. The summed E-state index contributed by atoms with van der Waals surface area (Å²) in [6.07, 6.45) is 12.8. The lowest BCUT2D eigenvalue weighted by molar-refractivity contribution is 0.103. The van der Waals surface area contributed by atoms with Gasteiger partial charge in [-0.25, -0.2) is 0 Å². The summed E-state index contributed by atoms with van der Waals surface area (Å²) < 4.78 is 0. The third-order valence-corrected chi connectivity index (χ3v) is 6.99. The number of aryl methyl sites for hydroxylation is 2. The maximum atomic E-state index is 13.8. The molecule has 0 unspecified atom stereocenters. The van der Waals surface area contributed by atoms with Gasteiger partial charge in [-0.1, -0.05) is 86.1 Å². The number of hydrogen-bond donors (Lipinski definition) is 0. The van der Waals surface area contributed by atoms with Crippen molar-refractivity contribution in [2.24, 2.45) is 0 Å². The van der Waals surface area contributed by atoms with E-state index in [9.17, 15) is 4.79 Å². The summed E-state index contributed by atoms with van der Waals surface area (Å²) in [5.74, 6) is 1.36. The smallest absolute Gasteiger partial charge is 0.193 e. The van der Waals surface area contributed by atoms with Crippen molar-refractivity contribution in [3.63, 3.8) is 0 Å². The predicted molar refractivity (Wildman–Crippen MR) is 117 cm³/mol. The maximum absolute atomic E-state index is 13.8. The standard InChI is InChI=1S/C27H34O/c1-19-13-15-23(25(17-19)21-9-5-3-6-10-21)27(28)24-16-14-20(2)18-26(24)22-11-7-4-8-12-22/h13-18,21-22H,3-12H2,1-2H3. The van der Waals surface area contributed by atoms with Crippen LogP contribution in [-0.4, -0.2) is 5.78 Å². The van der Waals surface area contributed by atoms with Gasteiger partial charge in [-0.05, 0) is 62.5 Å². The fourth-order valence-corrected chi connectivity index (χ4v) is 5.43. The number of ketones is 1. The number of carbonyl (C=O) groups is 1. The van der Waals surface area contributed by atoms with Gasteiger partial charge >= 0.3 is 0 Å². The van der Waals surface area contributed by atoms with E-state index in [1.807, 2.05) is 0 Å². The van der Waals surface area contributed by atoms with Gasteiger partial charge in [0.05, 0.1) is 0 Å². The van der Waals surface area contributed by atoms with Crippen LogP contribution >= 0.6 is 0 Å². The van der Waals surface area contributed by atoms with E-state index in [1.165, 1.54) is 86.5 Å². The molecule has 2 aliphatic carbocycles. The van der Waals surface area contributed by atoms with E-state index < -0.39 is 0 Å². The van der Waals surface area contributed by atoms with E-state index in [0.717, 1.165) is 11.1 Å². The fraction of sp³-hybridized carbons (Fsp3) is 0.519. The predicted octanol–water partition coefficient (Wildman–Crippen LogP) is 7.63.